The molecule has 0 saturated heterocycles. The summed E-state index contributed by atoms with van der Waals surface area (Å²) in [6.07, 6.45) is 3.09. The van der Waals surface area contributed by atoms with Gasteiger partial charge in [-0.3, -0.25) is 0 Å². The normalized spacial score (nSPS) is 10.6. The molecule has 0 atom stereocenters. The third-order valence-electron chi connectivity index (χ3n) is 1.68. The van der Waals surface area contributed by atoms with Gasteiger partial charge in [0.25, 0.3) is 0 Å². The molecule has 2 nitrogen and oxygen atoms in total. The van der Waals surface area contributed by atoms with E-state index in [1.54, 1.807) is 12.1 Å². The van der Waals surface area contributed by atoms with Gasteiger partial charge >= 0.3 is 0 Å². The Labute approximate surface area is 90.5 Å². The lowest BCUT2D eigenvalue weighted by Gasteiger charge is -2.07. The second kappa shape index (κ2) is 5.00. The topological polar surface area (TPSA) is 18.5 Å². The molecular weight excluding hydrogens is 251 g/mol. The molecule has 4 heteroatoms. The molecule has 1 rings (SSSR count). The molecular formula is C10H10BrFO2. The van der Waals surface area contributed by atoms with Gasteiger partial charge in [-0.15, -0.1) is 0 Å². The molecule has 0 aromatic heterocycles. The van der Waals surface area contributed by atoms with Gasteiger partial charge in [0.15, 0.2) is 0 Å². The molecule has 76 valence electrons. The van der Waals surface area contributed by atoms with E-state index in [0.717, 1.165) is 0 Å². The van der Waals surface area contributed by atoms with Crippen LogP contribution in [0.25, 0.3) is 6.08 Å². The number of benzene rings is 1. The van der Waals surface area contributed by atoms with Gasteiger partial charge in [-0.05, 0) is 34.1 Å². The van der Waals surface area contributed by atoms with Crippen molar-refractivity contribution < 1.29 is 13.9 Å². The first-order valence-corrected chi connectivity index (χ1v) is 4.71. The minimum absolute atomic E-state index is 0.332. The quantitative estimate of drug-likeness (QED) is 0.778. The standard InChI is InChI=1S/C10H10BrFO2/c1-13-6-5-7-9(14-2)4-3-8(12)10(7)11/h3-6H,1-2H3. The number of hydrogen-bond acceptors (Lipinski definition) is 2. The van der Waals surface area contributed by atoms with E-state index in [-0.39, 0.29) is 5.82 Å². The molecule has 0 spiro atoms. The SMILES string of the molecule is COC=Cc1c(OC)ccc(F)c1Br. The highest BCUT2D eigenvalue weighted by atomic mass is 79.9. The lowest BCUT2D eigenvalue weighted by molar-refractivity contribution is 0.341. The van der Waals surface area contributed by atoms with Crippen molar-refractivity contribution in [3.8, 4) is 5.75 Å². The molecule has 0 amide bonds. The Bertz CT molecular complexity index is 350. The van der Waals surface area contributed by atoms with Gasteiger partial charge in [0.2, 0.25) is 0 Å². The highest BCUT2D eigenvalue weighted by molar-refractivity contribution is 9.10. The van der Waals surface area contributed by atoms with E-state index in [9.17, 15) is 4.39 Å². The number of methoxy groups -OCH3 is 2. The Morgan fingerprint density at radius 1 is 1.36 bits per heavy atom. The lowest BCUT2D eigenvalue weighted by atomic mass is 10.2. The highest BCUT2D eigenvalue weighted by Gasteiger charge is 2.09. The highest BCUT2D eigenvalue weighted by Crippen LogP contribution is 2.30. The van der Waals surface area contributed by atoms with Crippen molar-refractivity contribution in [2.45, 2.75) is 0 Å². The van der Waals surface area contributed by atoms with E-state index in [4.69, 9.17) is 9.47 Å². The summed E-state index contributed by atoms with van der Waals surface area (Å²) in [5.41, 5.74) is 0.620. The van der Waals surface area contributed by atoms with Crippen LogP contribution in [0.15, 0.2) is 22.9 Å². The molecule has 1 aromatic carbocycles. The van der Waals surface area contributed by atoms with Crippen LogP contribution in [-0.4, -0.2) is 14.2 Å². The Morgan fingerprint density at radius 2 is 2.07 bits per heavy atom. The third kappa shape index (κ3) is 2.26. The van der Waals surface area contributed by atoms with Crippen molar-refractivity contribution in [1.29, 1.82) is 0 Å². The van der Waals surface area contributed by atoms with Crippen LogP contribution in [-0.2, 0) is 4.74 Å². The first-order valence-electron chi connectivity index (χ1n) is 3.92. The molecule has 0 N–H and O–H groups in total. The van der Waals surface area contributed by atoms with Crippen molar-refractivity contribution in [1.82, 2.24) is 0 Å². The predicted octanol–water partition coefficient (Wildman–Crippen LogP) is 3.21. The summed E-state index contributed by atoms with van der Waals surface area (Å²) >= 11 is 3.14. The van der Waals surface area contributed by atoms with Gasteiger partial charge in [0, 0.05) is 5.56 Å². The maximum Gasteiger partial charge on any atom is 0.138 e. The van der Waals surface area contributed by atoms with E-state index in [0.29, 0.717) is 15.8 Å². The summed E-state index contributed by atoms with van der Waals surface area (Å²) in [5, 5.41) is 0. The molecule has 0 saturated carbocycles. The molecule has 0 aliphatic rings. The fraction of sp³-hybridized carbons (Fsp3) is 0.200. The van der Waals surface area contributed by atoms with Crippen LogP contribution in [0.4, 0.5) is 4.39 Å². The average molecular weight is 261 g/mol. The molecule has 0 bridgehead atoms. The zero-order valence-corrected chi connectivity index (χ0v) is 9.47. The number of halogens is 2. The smallest absolute Gasteiger partial charge is 0.138 e. The number of ether oxygens (including phenoxy) is 2. The summed E-state index contributed by atoms with van der Waals surface area (Å²) in [5.74, 6) is 0.258. The summed E-state index contributed by atoms with van der Waals surface area (Å²) < 4.78 is 23.3. The molecule has 0 aliphatic heterocycles. The molecule has 0 fully saturated rings. The van der Waals surface area contributed by atoms with Crippen molar-refractivity contribution in [2.24, 2.45) is 0 Å². The number of hydrogen-bond donors (Lipinski definition) is 0. The van der Waals surface area contributed by atoms with E-state index in [2.05, 4.69) is 15.9 Å². The minimum atomic E-state index is -0.332. The Kier molecular flexibility index (Phi) is 3.95. The van der Waals surface area contributed by atoms with Crippen LogP contribution in [0.3, 0.4) is 0 Å². The summed E-state index contributed by atoms with van der Waals surface area (Å²) in [7, 11) is 3.06. The molecule has 0 unspecified atom stereocenters. The second-order valence-electron chi connectivity index (χ2n) is 2.52. The first kappa shape index (κ1) is 11.0. The summed E-state index contributed by atoms with van der Waals surface area (Å²) in [6, 6.07) is 2.91. The van der Waals surface area contributed by atoms with Crippen LogP contribution >= 0.6 is 15.9 Å². The van der Waals surface area contributed by atoms with Gasteiger partial charge < -0.3 is 9.47 Å². The zero-order valence-electron chi connectivity index (χ0n) is 7.88. The summed E-state index contributed by atoms with van der Waals surface area (Å²) in [4.78, 5) is 0. The molecule has 1 aromatic rings. The maximum absolute atomic E-state index is 13.1. The molecule has 14 heavy (non-hydrogen) atoms. The van der Waals surface area contributed by atoms with E-state index < -0.39 is 0 Å². The molecule has 0 aliphatic carbocycles. The monoisotopic (exact) mass is 260 g/mol. The van der Waals surface area contributed by atoms with Crippen LogP contribution in [0.5, 0.6) is 5.75 Å². The van der Waals surface area contributed by atoms with Gasteiger partial charge in [-0.1, -0.05) is 0 Å². The second-order valence-corrected chi connectivity index (χ2v) is 3.31. The van der Waals surface area contributed by atoms with Gasteiger partial charge in [0.1, 0.15) is 11.6 Å². The average Bonchev–Trinajstić information content (AvgIpc) is 2.20. The third-order valence-corrected chi connectivity index (χ3v) is 2.49. The fourth-order valence-electron chi connectivity index (χ4n) is 1.02. The van der Waals surface area contributed by atoms with E-state index in [1.165, 1.54) is 26.5 Å². The Hall–Kier alpha value is -1.03. The predicted molar refractivity (Wildman–Crippen MR) is 56.7 cm³/mol. The van der Waals surface area contributed by atoms with Crippen LogP contribution in [0.2, 0.25) is 0 Å². The Morgan fingerprint density at radius 3 is 2.64 bits per heavy atom. The molecule has 0 radical (unpaired) electrons. The van der Waals surface area contributed by atoms with Crippen LogP contribution in [0.1, 0.15) is 5.56 Å². The lowest BCUT2D eigenvalue weighted by Crippen LogP contribution is -1.90. The van der Waals surface area contributed by atoms with E-state index >= 15 is 0 Å². The van der Waals surface area contributed by atoms with Gasteiger partial charge in [0.05, 0.1) is 25.0 Å². The van der Waals surface area contributed by atoms with Gasteiger partial charge in [-0.25, -0.2) is 4.39 Å². The van der Waals surface area contributed by atoms with E-state index in [1.807, 2.05) is 0 Å². The molecule has 0 heterocycles. The minimum Gasteiger partial charge on any atom is -0.504 e. The first-order chi connectivity index (χ1) is 6.70. The van der Waals surface area contributed by atoms with Crippen molar-refractivity contribution in [2.75, 3.05) is 14.2 Å². The van der Waals surface area contributed by atoms with Crippen molar-refractivity contribution in [3.05, 3.63) is 34.2 Å². The number of rotatable bonds is 3. The van der Waals surface area contributed by atoms with Gasteiger partial charge in [-0.2, -0.15) is 0 Å². The largest absolute Gasteiger partial charge is 0.504 e. The Balaban J connectivity index is 3.21. The maximum atomic E-state index is 13.1. The van der Waals surface area contributed by atoms with Crippen LogP contribution in [0, 0.1) is 5.82 Å². The van der Waals surface area contributed by atoms with Crippen LogP contribution < -0.4 is 4.74 Å². The van der Waals surface area contributed by atoms with Crippen molar-refractivity contribution >= 4 is 22.0 Å². The fourth-order valence-corrected chi connectivity index (χ4v) is 1.48. The van der Waals surface area contributed by atoms with Crippen molar-refractivity contribution in [3.63, 3.8) is 0 Å². The zero-order chi connectivity index (χ0) is 10.6. The summed E-state index contributed by atoms with van der Waals surface area (Å²) in [6.45, 7) is 0.